The normalized spacial score (nSPS) is 10.9. The first-order valence-electron chi connectivity index (χ1n) is 9.99. The summed E-state index contributed by atoms with van der Waals surface area (Å²) in [6.45, 7) is 0.00555. The van der Waals surface area contributed by atoms with Crippen LogP contribution in [0.25, 0.3) is 23.0 Å². The molecule has 4 rings (SSSR count). The van der Waals surface area contributed by atoms with Crippen LogP contribution >= 0.6 is 11.6 Å². The van der Waals surface area contributed by atoms with E-state index >= 15 is 0 Å². The van der Waals surface area contributed by atoms with E-state index in [0.717, 1.165) is 11.3 Å². The van der Waals surface area contributed by atoms with Crippen LogP contribution in [0.4, 0.5) is 5.69 Å². The highest BCUT2D eigenvalue weighted by molar-refractivity contribution is 6.30. The van der Waals surface area contributed by atoms with Crippen molar-refractivity contribution >= 4 is 29.3 Å². The number of para-hydroxylation sites is 1. The minimum atomic E-state index is -0.544. The van der Waals surface area contributed by atoms with Crippen molar-refractivity contribution in [2.24, 2.45) is 0 Å². The quantitative estimate of drug-likeness (QED) is 0.149. The molecule has 0 atom stereocenters. The number of nitro groups is 1. The number of aromatic nitrogens is 2. The molecular formula is C25H18ClN3O4. The van der Waals surface area contributed by atoms with Gasteiger partial charge in [0.2, 0.25) is 0 Å². The topological polar surface area (TPSA) is 87.3 Å². The number of ether oxygens (including phenoxy) is 1. The van der Waals surface area contributed by atoms with Gasteiger partial charge in [0.1, 0.15) is 12.3 Å². The lowest BCUT2D eigenvalue weighted by Crippen LogP contribution is -2.00. The maximum absolute atomic E-state index is 12.3. The Balaban J connectivity index is 1.53. The molecule has 0 aliphatic rings. The highest BCUT2D eigenvalue weighted by atomic mass is 35.5. The second-order valence-electron chi connectivity index (χ2n) is 7.09. The van der Waals surface area contributed by atoms with Crippen LogP contribution in [0.15, 0.2) is 91.1 Å². The molecule has 0 aliphatic heterocycles. The third-order valence-corrected chi connectivity index (χ3v) is 5.02. The molecule has 7 nitrogen and oxygen atoms in total. The van der Waals surface area contributed by atoms with Crippen LogP contribution in [0, 0.1) is 10.1 Å². The Morgan fingerprint density at radius 2 is 1.82 bits per heavy atom. The van der Waals surface area contributed by atoms with E-state index in [1.54, 1.807) is 29.0 Å². The van der Waals surface area contributed by atoms with Crippen LogP contribution in [0.1, 0.15) is 11.1 Å². The second kappa shape index (κ2) is 9.93. The third kappa shape index (κ3) is 5.53. The van der Waals surface area contributed by atoms with E-state index in [0.29, 0.717) is 21.8 Å². The Morgan fingerprint density at radius 3 is 2.52 bits per heavy atom. The fourth-order valence-electron chi connectivity index (χ4n) is 3.16. The van der Waals surface area contributed by atoms with Gasteiger partial charge in [-0.25, -0.2) is 9.48 Å². The van der Waals surface area contributed by atoms with Crippen LogP contribution < -0.4 is 0 Å². The van der Waals surface area contributed by atoms with Gasteiger partial charge in [-0.15, -0.1) is 0 Å². The molecule has 0 saturated carbocycles. The van der Waals surface area contributed by atoms with Crippen molar-refractivity contribution < 1.29 is 14.5 Å². The van der Waals surface area contributed by atoms with E-state index < -0.39 is 10.9 Å². The average Bonchev–Trinajstić information content (AvgIpc) is 3.26. The highest BCUT2D eigenvalue weighted by Crippen LogP contribution is 2.27. The number of nitrogens with zero attached hydrogens (tertiary/aromatic N) is 3. The molecule has 33 heavy (non-hydrogen) atoms. The van der Waals surface area contributed by atoms with Crippen LogP contribution in [-0.4, -0.2) is 20.7 Å². The summed E-state index contributed by atoms with van der Waals surface area (Å²) in [6.07, 6.45) is 4.79. The van der Waals surface area contributed by atoms with E-state index in [4.69, 9.17) is 16.3 Å². The fraction of sp³-hybridized carbons (Fsp3) is 0.0400. The summed E-state index contributed by atoms with van der Waals surface area (Å²) in [6, 6.07) is 22.8. The zero-order valence-corrected chi connectivity index (χ0v) is 18.1. The Labute approximate surface area is 194 Å². The van der Waals surface area contributed by atoms with E-state index in [1.807, 2.05) is 54.7 Å². The van der Waals surface area contributed by atoms with E-state index in [9.17, 15) is 14.9 Å². The van der Waals surface area contributed by atoms with E-state index in [1.165, 1.54) is 18.2 Å². The van der Waals surface area contributed by atoms with Gasteiger partial charge in [0.15, 0.2) is 0 Å². The molecule has 0 unspecified atom stereocenters. The fourth-order valence-corrected chi connectivity index (χ4v) is 3.35. The zero-order chi connectivity index (χ0) is 23.2. The first kappa shape index (κ1) is 22.0. The number of hydrogen-bond donors (Lipinski definition) is 0. The van der Waals surface area contributed by atoms with E-state index in [2.05, 4.69) is 5.10 Å². The summed E-state index contributed by atoms with van der Waals surface area (Å²) in [5.74, 6) is -0.544. The van der Waals surface area contributed by atoms with Crippen LogP contribution in [0.2, 0.25) is 5.02 Å². The smallest absolute Gasteiger partial charge is 0.331 e. The summed E-state index contributed by atoms with van der Waals surface area (Å²) in [7, 11) is 0. The van der Waals surface area contributed by atoms with Crippen LogP contribution in [-0.2, 0) is 16.1 Å². The zero-order valence-electron chi connectivity index (χ0n) is 17.3. The van der Waals surface area contributed by atoms with Gasteiger partial charge >= 0.3 is 5.97 Å². The number of rotatable bonds is 7. The summed E-state index contributed by atoms with van der Waals surface area (Å²) in [5, 5.41) is 16.0. The molecule has 0 fully saturated rings. The number of halogens is 1. The summed E-state index contributed by atoms with van der Waals surface area (Å²) in [5.41, 5.74) is 3.71. The van der Waals surface area contributed by atoms with Crippen molar-refractivity contribution in [3.8, 4) is 16.9 Å². The molecule has 0 saturated heterocycles. The Kier molecular flexibility index (Phi) is 6.61. The monoisotopic (exact) mass is 459 g/mol. The van der Waals surface area contributed by atoms with Gasteiger partial charge in [-0.05, 0) is 48.0 Å². The molecule has 3 aromatic carbocycles. The van der Waals surface area contributed by atoms with Gasteiger partial charge in [-0.2, -0.15) is 5.10 Å². The molecule has 0 amide bonds. The molecule has 0 spiro atoms. The Hall–Kier alpha value is -4.23. The first-order valence-corrected chi connectivity index (χ1v) is 10.4. The lowest BCUT2D eigenvalue weighted by molar-refractivity contribution is -0.384. The van der Waals surface area contributed by atoms with Gasteiger partial charge < -0.3 is 4.74 Å². The van der Waals surface area contributed by atoms with Crippen molar-refractivity contribution in [1.82, 2.24) is 9.78 Å². The summed E-state index contributed by atoms with van der Waals surface area (Å²) in [4.78, 5) is 22.5. The molecular weight excluding hydrogens is 442 g/mol. The minimum Gasteiger partial charge on any atom is -0.458 e. The average molecular weight is 460 g/mol. The highest BCUT2D eigenvalue weighted by Gasteiger charge is 2.12. The molecule has 1 aromatic heterocycles. The van der Waals surface area contributed by atoms with Crippen molar-refractivity contribution in [2.75, 3.05) is 0 Å². The number of carbonyl (C=O) groups excluding carboxylic acids is 1. The SMILES string of the molecule is O=C(C=Cc1cn(-c2ccccc2)nc1-c1cccc(Cl)c1)OCc1ccc([N+](=O)[O-])cc1. The van der Waals surface area contributed by atoms with Crippen molar-refractivity contribution in [2.45, 2.75) is 6.61 Å². The van der Waals surface area contributed by atoms with Gasteiger partial charge in [0.05, 0.1) is 10.6 Å². The van der Waals surface area contributed by atoms with Gasteiger partial charge in [0.25, 0.3) is 5.69 Å². The summed E-state index contributed by atoms with van der Waals surface area (Å²) >= 11 is 6.16. The Morgan fingerprint density at radius 1 is 1.06 bits per heavy atom. The van der Waals surface area contributed by atoms with E-state index in [-0.39, 0.29) is 12.3 Å². The van der Waals surface area contributed by atoms with Gasteiger partial charge in [-0.1, -0.05) is 41.9 Å². The predicted octanol–water partition coefficient (Wildman–Crippen LogP) is 5.86. The van der Waals surface area contributed by atoms with Gasteiger partial charge in [-0.3, -0.25) is 10.1 Å². The molecule has 1 heterocycles. The lowest BCUT2D eigenvalue weighted by atomic mass is 10.1. The lowest BCUT2D eigenvalue weighted by Gasteiger charge is -2.02. The number of carbonyl (C=O) groups is 1. The largest absolute Gasteiger partial charge is 0.458 e. The number of esters is 1. The van der Waals surface area contributed by atoms with Crippen LogP contribution in [0.5, 0.6) is 0 Å². The third-order valence-electron chi connectivity index (χ3n) is 4.79. The maximum atomic E-state index is 12.3. The molecule has 0 bridgehead atoms. The van der Waals surface area contributed by atoms with Gasteiger partial charge in [0, 0.05) is 40.6 Å². The molecule has 4 aromatic rings. The number of benzene rings is 3. The number of hydrogen-bond acceptors (Lipinski definition) is 5. The first-order chi connectivity index (χ1) is 16.0. The Bertz CT molecular complexity index is 1320. The predicted molar refractivity (Wildman–Crippen MR) is 126 cm³/mol. The van der Waals surface area contributed by atoms with Crippen molar-refractivity contribution in [1.29, 1.82) is 0 Å². The second-order valence-corrected chi connectivity index (χ2v) is 7.52. The minimum absolute atomic E-state index is 0.00555. The van der Waals surface area contributed by atoms with Crippen LogP contribution in [0.3, 0.4) is 0 Å². The summed E-state index contributed by atoms with van der Waals surface area (Å²) < 4.78 is 7.00. The molecule has 164 valence electrons. The molecule has 0 aliphatic carbocycles. The molecule has 0 N–H and O–H groups in total. The molecule has 0 radical (unpaired) electrons. The van der Waals surface area contributed by atoms with Crippen molar-refractivity contribution in [3.63, 3.8) is 0 Å². The van der Waals surface area contributed by atoms with Crippen molar-refractivity contribution in [3.05, 3.63) is 117 Å². The number of nitro benzene ring substituents is 1. The standard InChI is InChI=1S/C25H18ClN3O4/c26-21-6-4-5-19(15-21)25-20(16-28(27-25)22-7-2-1-3-8-22)11-14-24(30)33-17-18-9-12-23(13-10-18)29(31)32/h1-16H,17H2. The maximum Gasteiger partial charge on any atom is 0.331 e. The number of non-ortho nitro benzene ring substituents is 1. The molecule has 8 heteroatoms.